The molecule has 2 amide bonds. The number of H-pyrrole nitrogens is 1. The van der Waals surface area contributed by atoms with Gasteiger partial charge < -0.3 is 15.2 Å². The number of nitrogens with zero attached hydrogens (tertiary/aromatic N) is 2. The van der Waals surface area contributed by atoms with E-state index in [0.29, 0.717) is 24.8 Å². The van der Waals surface area contributed by atoms with Crippen LogP contribution in [0.3, 0.4) is 0 Å². The Labute approximate surface area is 153 Å². The van der Waals surface area contributed by atoms with Crippen LogP contribution in [0.25, 0.3) is 11.0 Å². The maximum atomic E-state index is 12.4. The molecule has 0 unspecified atom stereocenters. The van der Waals surface area contributed by atoms with Crippen LogP contribution in [0, 0.1) is 11.8 Å². The third kappa shape index (κ3) is 3.45. The fourth-order valence-corrected chi connectivity index (χ4v) is 4.02. The molecule has 6 heteroatoms. The molecule has 0 radical (unpaired) electrons. The Bertz CT molecular complexity index is 807. The Kier molecular flexibility index (Phi) is 4.66. The molecule has 1 aliphatic carbocycles. The Morgan fingerprint density at radius 1 is 1.35 bits per heavy atom. The molecule has 1 saturated heterocycles. The number of likely N-dealkylation sites (tertiary alicyclic amines) is 1. The number of piperidine rings is 1. The molecule has 1 aliphatic heterocycles. The van der Waals surface area contributed by atoms with E-state index in [4.69, 9.17) is 0 Å². The van der Waals surface area contributed by atoms with E-state index in [0.717, 1.165) is 38.0 Å². The lowest BCUT2D eigenvalue weighted by Crippen LogP contribution is -2.39. The normalized spacial score (nSPS) is 23.2. The van der Waals surface area contributed by atoms with Crippen molar-refractivity contribution in [3.05, 3.63) is 30.1 Å². The van der Waals surface area contributed by atoms with Gasteiger partial charge in [-0.1, -0.05) is 6.92 Å². The second kappa shape index (κ2) is 7.09. The topological polar surface area (TPSA) is 78.1 Å². The lowest BCUT2D eigenvalue weighted by Gasteiger charge is -2.32. The number of pyridine rings is 1. The number of aromatic amines is 1. The molecule has 26 heavy (non-hydrogen) atoms. The molecular weight excluding hydrogens is 328 g/mol. The van der Waals surface area contributed by atoms with E-state index in [9.17, 15) is 9.59 Å². The summed E-state index contributed by atoms with van der Waals surface area (Å²) in [5.41, 5.74) is 2.24. The molecule has 2 aliphatic rings. The van der Waals surface area contributed by atoms with Crippen LogP contribution in [-0.2, 0) is 9.59 Å². The van der Waals surface area contributed by atoms with E-state index >= 15 is 0 Å². The van der Waals surface area contributed by atoms with Gasteiger partial charge in [-0.3, -0.25) is 9.59 Å². The van der Waals surface area contributed by atoms with Crippen molar-refractivity contribution in [1.82, 2.24) is 20.2 Å². The largest absolute Gasteiger partial charge is 0.355 e. The summed E-state index contributed by atoms with van der Waals surface area (Å²) in [6.45, 7) is 4.10. The second-order valence-corrected chi connectivity index (χ2v) is 7.66. The first-order chi connectivity index (χ1) is 12.6. The third-order valence-electron chi connectivity index (χ3n) is 5.85. The number of fused-ring (bicyclic) bond motifs is 1. The lowest BCUT2D eigenvalue weighted by molar-refractivity contribution is -0.132. The molecule has 2 aromatic rings. The molecule has 0 spiro atoms. The van der Waals surface area contributed by atoms with Gasteiger partial charge in [0.15, 0.2) is 0 Å². The fourth-order valence-electron chi connectivity index (χ4n) is 4.02. The number of hydrogen-bond donors (Lipinski definition) is 2. The van der Waals surface area contributed by atoms with E-state index in [1.807, 2.05) is 11.0 Å². The first-order valence-corrected chi connectivity index (χ1v) is 9.61. The number of nitrogens with one attached hydrogen (secondary N) is 2. The molecule has 138 valence electrons. The quantitative estimate of drug-likeness (QED) is 0.866. The molecule has 2 aromatic heterocycles. The summed E-state index contributed by atoms with van der Waals surface area (Å²) in [7, 11) is 0. The number of amides is 2. The molecule has 2 fully saturated rings. The fraction of sp³-hybridized carbons (Fsp3) is 0.550. The minimum absolute atomic E-state index is 0.108. The van der Waals surface area contributed by atoms with Crippen LogP contribution in [0.15, 0.2) is 24.5 Å². The Morgan fingerprint density at radius 3 is 2.85 bits per heavy atom. The van der Waals surface area contributed by atoms with Crippen molar-refractivity contribution in [2.24, 2.45) is 11.8 Å². The highest BCUT2D eigenvalue weighted by atomic mass is 16.2. The van der Waals surface area contributed by atoms with E-state index < -0.39 is 0 Å². The monoisotopic (exact) mass is 354 g/mol. The van der Waals surface area contributed by atoms with Crippen LogP contribution < -0.4 is 5.32 Å². The Hall–Kier alpha value is -2.37. The van der Waals surface area contributed by atoms with Crippen molar-refractivity contribution in [3.63, 3.8) is 0 Å². The van der Waals surface area contributed by atoms with Gasteiger partial charge in [-0.05, 0) is 48.8 Å². The maximum Gasteiger partial charge on any atom is 0.224 e. The van der Waals surface area contributed by atoms with E-state index in [1.165, 1.54) is 10.9 Å². The number of aromatic nitrogens is 2. The Morgan fingerprint density at radius 2 is 2.12 bits per heavy atom. The summed E-state index contributed by atoms with van der Waals surface area (Å²) < 4.78 is 0. The first kappa shape index (κ1) is 17.1. The van der Waals surface area contributed by atoms with Crippen LogP contribution in [0.2, 0.25) is 0 Å². The smallest absolute Gasteiger partial charge is 0.224 e. The summed E-state index contributed by atoms with van der Waals surface area (Å²) in [6.07, 6.45) is 7.19. The molecule has 4 rings (SSSR count). The van der Waals surface area contributed by atoms with E-state index in [2.05, 4.69) is 34.5 Å². The molecule has 3 heterocycles. The average Bonchev–Trinajstić information content (AvgIpc) is 3.25. The predicted molar refractivity (Wildman–Crippen MR) is 99.5 cm³/mol. The SMILES string of the molecule is C[C@H]1C[C@@H]1C(=O)NCCC(=O)N1CCC(c2c[nH]c3ncccc23)CC1. The highest BCUT2D eigenvalue weighted by Gasteiger charge is 2.38. The molecule has 1 saturated carbocycles. The zero-order chi connectivity index (χ0) is 18.1. The second-order valence-electron chi connectivity index (χ2n) is 7.66. The summed E-state index contributed by atoms with van der Waals surface area (Å²) in [4.78, 5) is 33.7. The molecule has 0 aromatic carbocycles. The van der Waals surface area contributed by atoms with E-state index in [1.54, 1.807) is 6.20 Å². The summed E-state index contributed by atoms with van der Waals surface area (Å²) in [6, 6.07) is 4.07. The van der Waals surface area contributed by atoms with Crippen molar-refractivity contribution in [3.8, 4) is 0 Å². The van der Waals surface area contributed by atoms with Gasteiger partial charge in [0.2, 0.25) is 11.8 Å². The molecule has 2 atom stereocenters. The zero-order valence-corrected chi connectivity index (χ0v) is 15.2. The summed E-state index contributed by atoms with van der Waals surface area (Å²) >= 11 is 0. The van der Waals surface area contributed by atoms with Crippen molar-refractivity contribution in [2.75, 3.05) is 19.6 Å². The molecule has 6 nitrogen and oxygen atoms in total. The van der Waals surface area contributed by atoms with Gasteiger partial charge in [0.05, 0.1) is 0 Å². The molecule has 0 bridgehead atoms. The minimum atomic E-state index is 0.108. The van der Waals surface area contributed by atoms with Crippen molar-refractivity contribution in [1.29, 1.82) is 0 Å². The minimum Gasteiger partial charge on any atom is -0.355 e. The van der Waals surface area contributed by atoms with Crippen LogP contribution in [0.5, 0.6) is 0 Å². The maximum absolute atomic E-state index is 12.4. The van der Waals surface area contributed by atoms with Crippen LogP contribution in [-0.4, -0.2) is 46.3 Å². The van der Waals surface area contributed by atoms with Crippen molar-refractivity contribution >= 4 is 22.8 Å². The van der Waals surface area contributed by atoms with Gasteiger partial charge in [0.25, 0.3) is 0 Å². The standard InChI is InChI=1S/C20H26N4O2/c1-13-11-16(13)20(26)22-8-4-18(25)24-9-5-14(6-10-24)17-12-23-19-15(17)3-2-7-21-19/h2-3,7,12-14,16H,4-6,8-11H2,1H3,(H,21,23)(H,22,26)/t13-,16-/m0/s1. The predicted octanol–water partition coefficient (Wildman–Crippen LogP) is 2.43. The highest BCUT2D eigenvalue weighted by molar-refractivity contribution is 5.83. The zero-order valence-electron chi connectivity index (χ0n) is 15.2. The van der Waals surface area contributed by atoms with Crippen LogP contribution in [0.4, 0.5) is 0 Å². The third-order valence-corrected chi connectivity index (χ3v) is 5.85. The average molecular weight is 354 g/mol. The molecule has 2 N–H and O–H groups in total. The van der Waals surface area contributed by atoms with Gasteiger partial charge in [0.1, 0.15) is 5.65 Å². The van der Waals surface area contributed by atoms with Crippen molar-refractivity contribution in [2.45, 2.75) is 38.5 Å². The number of hydrogen-bond acceptors (Lipinski definition) is 3. The molecular formula is C20H26N4O2. The number of rotatable bonds is 5. The van der Waals surface area contributed by atoms with Gasteiger partial charge in [-0.2, -0.15) is 0 Å². The lowest BCUT2D eigenvalue weighted by atomic mass is 9.89. The number of carbonyl (C=O) groups is 2. The van der Waals surface area contributed by atoms with Crippen LogP contribution >= 0.6 is 0 Å². The number of carbonyl (C=O) groups excluding carboxylic acids is 2. The van der Waals surface area contributed by atoms with Gasteiger partial charge in [0, 0.05) is 49.8 Å². The van der Waals surface area contributed by atoms with Gasteiger partial charge in [-0.15, -0.1) is 0 Å². The Balaban J connectivity index is 1.25. The van der Waals surface area contributed by atoms with E-state index in [-0.39, 0.29) is 17.7 Å². The highest BCUT2D eigenvalue weighted by Crippen LogP contribution is 2.37. The van der Waals surface area contributed by atoms with Gasteiger partial charge >= 0.3 is 0 Å². The first-order valence-electron chi connectivity index (χ1n) is 9.61. The summed E-state index contributed by atoms with van der Waals surface area (Å²) in [5, 5.41) is 4.09. The van der Waals surface area contributed by atoms with Crippen molar-refractivity contribution < 1.29 is 9.59 Å². The summed E-state index contributed by atoms with van der Waals surface area (Å²) in [5.74, 6) is 1.40. The van der Waals surface area contributed by atoms with Crippen LogP contribution in [0.1, 0.15) is 44.1 Å². The van der Waals surface area contributed by atoms with Gasteiger partial charge in [-0.25, -0.2) is 4.98 Å².